The van der Waals surface area contributed by atoms with Gasteiger partial charge in [0.25, 0.3) is 5.89 Å². The smallest absolute Gasteiger partial charge is 0.258 e. The van der Waals surface area contributed by atoms with Crippen LogP contribution in [-0.2, 0) is 17.8 Å². The molecule has 0 bridgehead atoms. The van der Waals surface area contributed by atoms with Crippen molar-refractivity contribution < 1.29 is 19.2 Å². The number of carbonyl (C=O) groups excluding carboxylic acids is 1. The lowest BCUT2D eigenvalue weighted by molar-refractivity contribution is -0.123. The maximum absolute atomic E-state index is 12.2. The molecule has 9 heteroatoms. The van der Waals surface area contributed by atoms with E-state index in [4.69, 9.17) is 14.4 Å². The van der Waals surface area contributed by atoms with E-state index in [0.29, 0.717) is 35.1 Å². The third kappa shape index (κ3) is 5.85. The predicted octanol–water partition coefficient (Wildman–Crippen LogP) is 2.92. The van der Waals surface area contributed by atoms with Gasteiger partial charge in [0.2, 0.25) is 11.7 Å². The van der Waals surface area contributed by atoms with E-state index >= 15 is 0 Å². The molecule has 0 spiro atoms. The summed E-state index contributed by atoms with van der Waals surface area (Å²) in [5, 5.41) is 25.6. The summed E-state index contributed by atoms with van der Waals surface area (Å²) in [6.07, 6.45) is 0.805. The molecule has 3 aromatic rings. The molecule has 182 valence electrons. The van der Waals surface area contributed by atoms with E-state index in [2.05, 4.69) is 32.5 Å². The quantitative estimate of drug-likeness (QED) is 0.510. The van der Waals surface area contributed by atoms with Crippen LogP contribution in [0.3, 0.4) is 0 Å². The standard InChI is InChI=1S/C26H29N5O4/c1-16(2)34-23-7-6-20(11-21(23)12-27)26-29-25(30-35-26)19-5-4-18-8-9-31(13-22(18)10-19)14-24(33)28-17(3)15-32/h4-7,10-11,16-17,32H,8-9,13-15H2,1-3H3,(H,28,33)/t17-/m0/s1. The number of benzene rings is 2. The molecule has 2 aromatic carbocycles. The zero-order chi connectivity index (χ0) is 24.9. The first-order valence-corrected chi connectivity index (χ1v) is 11.7. The largest absolute Gasteiger partial charge is 0.490 e. The molecule has 0 aliphatic carbocycles. The number of fused-ring (bicyclic) bond motifs is 1. The van der Waals surface area contributed by atoms with Gasteiger partial charge in [-0.1, -0.05) is 17.3 Å². The summed E-state index contributed by atoms with van der Waals surface area (Å²) in [5.74, 6) is 1.19. The van der Waals surface area contributed by atoms with Crippen LogP contribution in [0.5, 0.6) is 5.75 Å². The normalized spacial score (nSPS) is 14.3. The van der Waals surface area contributed by atoms with Crippen molar-refractivity contribution in [3.8, 4) is 34.7 Å². The molecule has 0 saturated heterocycles. The van der Waals surface area contributed by atoms with Crippen LogP contribution >= 0.6 is 0 Å². The fraction of sp³-hybridized carbons (Fsp3) is 0.385. The Bertz CT molecular complexity index is 1250. The van der Waals surface area contributed by atoms with Gasteiger partial charge in [0.15, 0.2) is 0 Å². The van der Waals surface area contributed by atoms with Gasteiger partial charge in [0.1, 0.15) is 11.8 Å². The van der Waals surface area contributed by atoms with Gasteiger partial charge in [-0.2, -0.15) is 10.2 Å². The van der Waals surface area contributed by atoms with Crippen molar-refractivity contribution in [1.29, 1.82) is 5.26 Å². The van der Waals surface area contributed by atoms with Crippen molar-refractivity contribution in [3.63, 3.8) is 0 Å². The molecule has 9 nitrogen and oxygen atoms in total. The molecule has 1 aliphatic rings. The van der Waals surface area contributed by atoms with E-state index < -0.39 is 0 Å². The molecule has 0 saturated carbocycles. The van der Waals surface area contributed by atoms with Gasteiger partial charge in [-0.05, 0) is 62.6 Å². The maximum Gasteiger partial charge on any atom is 0.258 e. The maximum atomic E-state index is 12.2. The Kier molecular flexibility index (Phi) is 7.44. The Labute approximate surface area is 204 Å². The number of nitrogens with zero attached hydrogens (tertiary/aromatic N) is 4. The minimum absolute atomic E-state index is 0.0404. The second-order valence-electron chi connectivity index (χ2n) is 9.01. The van der Waals surface area contributed by atoms with Gasteiger partial charge >= 0.3 is 0 Å². The zero-order valence-electron chi connectivity index (χ0n) is 20.1. The number of aliphatic hydroxyl groups excluding tert-OH is 1. The van der Waals surface area contributed by atoms with Crippen molar-refractivity contribution >= 4 is 5.91 Å². The highest BCUT2D eigenvalue weighted by atomic mass is 16.5. The average Bonchev–Trinajstić information content (AvgIpc) is 3.33. The molecule has 2 heterocycles. The monoisotopic (exact) mass is 475 g/mol. The summed E-state index contributed by atoms with van der Waals surface area (Å²) in [6.45, 7) is 7.20. The number of hydrogen-bond donors (Lipinski definition) is 2. The molecule has 1 aromatic heterocycles. The highest BCUT2D eigenvalue weighted by molar-refractivity contribution is 5.78. The highest BCUT2D eigenvalue weighted by Crippen LogP contribution is 2.29. The van der Waals surface area contributed by atoms with Gasteiger partial charge in [-0.15, -0.1) is 0 Å². The number of nitrogens with one attached hydrogen (secondary N) is 1. The summed E-state index contributed by atoms with van der Waals surface area (Å²) in [6, 6.07) is 13.2. The van der Waals surface area contributed by atoms with E-state index in [-0.39, 0.29) is 31.2 Å². The van der Waals surface area contributed by atoms with E-state index in [1.165, 1.54) is 5.56 Å². The van der Waals surface area contributed by atoms with Crippen molar-refractivity contribution in [2.24, 2.45) is 0 Å². The van der Waals surface area contributed by atoms with E-state index in [9.17, 15) is 10.1 Å². The molecule has 0 unspecified atom stereocenters. The van der Waals surface area contributed by atoms with Crippen LogP contribution in [0.15, 0.2) is 40.9 Å². The van der Waals surface area contributed by atoms with Gasteiger partial charge in [-0.25, -0.2) is 0 Å². The van der Waals surface area contributed by atoms with E-state index in [1.54, 1.807) is 25.1 Å². The molecule has 1 aliphatic heterocycles. The van der Waals surface area contributed by atoms with Gasteiger partial charge < -0.3 is 19.7 Å². The van der Waals surface area contributed by atoms with Crippen molar-refractivity contribution in [2.75, 3.05) is 19.7 Å². The Morgan fingerprint density at radius 2 is 2.03 bits per heavy atom. The van der Waals surface area contributed by atoms with Gasteiger partial charge in [0, 0.05) is 30.3 Å². The minimum Gasteiger partial charge on any atom is -0.490 e. The number of aliphatic hydroxyl groups is 1. The first kappa shape index (κ1) is 24.4. The van der Waals surface area contributed by atoms with Crippen LogP contribution in [-0.4, -0.2) is 57.9 Å². The Morgan fingerprint density at radius 1 is 1.23 bits per heavy atom. The second-order valence-corrected chi connectivity index (χ2v) is 9.01. The SMILES string of the molecule is CC(C)Oc1ccc(-c2nc(-c3ccc4c(c3)CN(CC(=O)N[C@@H](C)CO)CC4)no2)cc1C#N. The summed E-state index contributed by atoms with van der Waals surface area (Å²) in [5.41, 5.74) is 4.22. The number of carbonyl (C=O) groups is 1. The predicted molar refractivity (Wildman–Crippen MR) is 129 cm³/mol. The van der Waals surface area contributed by atoms with Gasteiger partial charge in [-0.3, -0.25) is 9.69 Å². The zero-order valence-corrected chi connectivity index (χ0v) is 20.1. The summed E-state index contributed by atoms with van der Waals surface area (Å²) >= 11 is 0. The lowest BCUT2D eigenvalue weighted by atomic mass is 9.97. The summed E-state index contributed by atoms with van der Waals surface area (Å²) < 4.78 is 11.2. The Hall–Kier alpha value is -3.74. The lowest BCUT2D eigenvalue weighted by Gasteiger charge is -2.28. The molecule has 35 heavy (non-hydrogen) atoms. The van der Waals surface area contributed by atoms with Crippen molar-refractivity contribution in [1.82, 2.24) is 20.4 Å². The molecule has 4 rings (SSSR count). The molecule has 0 radical (unpaired) electrons. The average molecular weight is 476 g/mol. The second kappa shape index (κ2) is 10.7. The van der Waals surface area contributed by atoms with Crippen LogP contribution in [0.2, 0.25) is 0 Å². The first-order valence-electron chi connectivity index (χ1n) is 11.7. The molecular formula is C26H29N5O4. The summed E-state index contributed by atoms with van der Waals surface area (Å²) in [7, 11) is 0. The van der Waals surface area contributed by atoms with Crippen LogP contribution in [0, 0.1) is 11.3 Å². The van der Waals surface area contributed by atoms with Crippen LogP contribution in [0.1, 0.15) is 37.5 Å². The highest BCUT2D eigenvalue weighted by Gasteiger charge is 2.21. The number of rotatable bonds is 8. The molecule has 1 atom stereocenters. The number of ether oxygens (including phenoxy) is 1. The Balaban J connectivity index is 1.50. The van der Waals surface area contributed by atoms with Gasteiger partial charge in [0.05, 0.1) is 24.8 Å². The molecule has 1 amide bonds. The van der Waals surface area contributed by atoms with Crippen molar-refractivity contribution in [3.05, 3.63) is 53.1 Å². The van der Waals surface area contributed by atoms with E-state index in [1.807, 2.05) is 26.0 Å². The van der Waals surface area contributed by atoms with Crippen LogP contribution in [0.25, 0.3) is 22.8 Å². The third-order valence-corrected chi connectivity index (χ3v) is 5.74. The lowest BCUT2D eigenvalue weighted by Crippen LogP contribution is -2.43. The number of aromatic nitrogens is 2. The molecular weight excluding hydrogens is 446 g/mol. The minimum atomic E-state index is -0.262. The number of amides is 1. The Morgan fingerprint density at radius 3 is 2.77 bits per heavy atom. The fourth-order valence-corrected chi connectivity index (χ4v) is 4.02. The molecule has 2 N–H and O–H groups in total. The van der Waals surface area contributed by atoms with Crippen LogP contribution < -0.4 is 10.1 Å². The third-order valence-electron chi connectivity index (χ3n) is 5.74. The van der Waals surface area contributed by atoms with Crippen LogP contribution in [0.4, 0.5) is 0 Å². The topological polar surface area (TPSA) is 125 Å². The first-order chi connectivity index (χ1) is 16.9. The molecule has 0 fully saturated rings. The number of hydrogen-bond acceptors (Lipinski definition) is 8. The summed E-state index contributed by atoms with van der Waals surface area (Å²) in [4.78, 5) is 18.8. The van der Waals surface area contributed by atoms with E-state index in [0.717, 1.165) is 24.1 Å². The number of nitriles is 1. The fourth-order valence-electron chi connectivity index (χ4n) is 4.02. The van der Waals surface area contributed by atoms with Crippen molar-refractivity contribution in [2.45, 2.75) is 45.9 Å².